The molecule has 2 aliphatic rings. The molecule has 126 valence electrons. The number of rotatable bonds is 2. The molecule has 1 aromatic carbocycles. The molecule has 0 N–H and O–H groups in total. The summed E-state index contributed by atoms with van der Waals surface area (Å²) in [6.07, 6.45) is 1.67. The number of hydrogen-bond acceptors (Lipinski definition) is 3. The predicted octanol–water partition coefficient (Wildman–Crippen LogP) is 3.09. The van der Waals surface area contributed by atoms with Gasteiger partial charge in [0.15, 0.2) is 0 Å². The maximum atomic E-state index is 12.4. The van der Waals surface area contributed by atoms with Crippen LogP contribution in [0, 0.1) is 5.41 Å². The summed E-state index contributed by atoms with van der Waals surface area (Å²) in [5.74, 6) is 1.32. The Morgan fingerprint density at radius 1 is 1.17 bits per heavy atom. The standard InChI is InChI=1S/C19H28N2O2/c1-19(2,3)14-18(22)21-11-9-20(10-12-21)16-8-13-23-17-7-5-4-6-15(16)17/h4-7,16H,8-14H2,1-3H3. The lowest BCUT2D eigenvalue weighted by molar-refractivity contribution is -0.135. The Morgan fingerprint density at radius 2 is 1.87 bits per heavy atom. The van der Waals surface area contributed by atoms with Gasteiger partial charge in [0.25, 0.3) is 0 Å². The Kier molecular flexibility index (Phi) is 4.62. The molecule has 2 heterocycles. The first kappa shape index (κ1) is 16.3. The van der Waals surface area contributed by atoms with Crippen LogP contribution in [0.5, 0.6) is 5.75 Å². The zero-order chi connectivity index (χ0) is 16.4. The molecule has 0 aliphatic carbocycles. The van der Waals surface area contributed by atoms with Crippen molar-refractivity contribution in [1.29, 1.82) is 0 Å². The molecule has 23 heavy (non-hydrogen) atoms. The molecule has 1 fully saturated rings. The minimum atomic E-state index is 0.0634. The number of fused-ring (bicyclic) bond motifs is 1. The second-order valence-electron chi connectivity index (χ2n) is 7.84. The number of para-hydroxylation sites is 1. The van der Waals surface area contributed by atoms with Crippen LogP contribution < -0.4 is 4.74 Å². The number of carbonyl (C=O) groups excluding carboxylic acids is 1. The van der Waals surface area contributed by atoms with Gasteiger partial charge in [-0.15, -0.1) is 0 Å². The number of amides is 1. The summed E-state index contributed by atoms with van der Waals surface area (Å²) < 4.78 is 5.77. The molecule has 0 radical (unpaired) electrons. The van der Waals surface area contributed by atoms with Gasteiger partial charge in [-0.3, -0.25) is 9.69 Å². The number of piperazine rings is 1. The van der Waals surface area contributed by atoms with Crippen molar-refractivity contribution in [1.82, 2.24) is 9.80 Å². The predicted molar refractivity (Wildman–Crippen MR) is 91.5 cm³/mol. The molecule has 1 unspecified atom stereocenters. The Bertz CT molecular complexity index is 557. The van der Waals surface area contributed by atoms with Crippen molar-refractivity contribution >= 4 is 5.91 Å². The lowest BCUT2D eigenvalue weighted by Crippen LogP contribution is -2.50. The Balaban J connectivity index is 1.61. The van der Waals surface area contributed by atoms with Crippen LogP contribution in [0.4, 0.5) is 0 Å². The molecule has 0 aromatic heterocycles. The van der Waals surface area contributed by atoms with E-state index in [1.807, 2.05) is 11.0 Å². The lowest BCUT2D eigenvalue weighted by Gasteiger charge is -2.41. The molecule has 4 heteroatoms. The lowest BCUT2D eigenvalue weighted by atomic mass is 9.91. The molecule has 0 bridgehead atoms. The molecule has 1 amide bonds. The summed E-state index contributed by atoms with van der Waals surface area (Å²) in [6, 6.07) is 8.79. The van der Waals surface area contributed by atoms with Crippen LogP contribution in [0.15, 0.2) is 24.3 Å². The number of ether oxygens (including phenoxy) is 1. The van der Waals surface area contributed by atoms with E-state index in [4.69, 9.17) is 4.74 Å². The van der Waals surface area contributed by atoms with E-state index in [-0.39, 0.29) is 5.41 Å². The number of nitrogens with zero attached hydrogens (tertiary/aromatic N) is 2. The van der Waals surface area contributed by atoms with Crippen LogP contribution in [0.1, 0.15) is 45.2 Å². The van der Waals surface area contributed by atoms with Gasteiger partial charge in [0.2, 0.25) is 5.91 Å². The van der Waals surface area contributed by atoms with Crippen molar-refractivity contribution in [2.75, 3.05) is 32.8 Å². The van der Waals surface area contributed by atoms with E-state index in [1.54, 1.807) is 0 Å². The molecule has 1 atom stereocenters. The Hall–Kier alpha value is -1.55. The third kappa shape index (κ3) is 3.86. The van der Waals surface area contributed by atoms with Gasteiger partial charge in [-0.05, 0) is 11.5 Å². The summed E-state index contributed by atoms with van der Waals surface area (Å²) in [6.45, 7) is 10.7. The van der Waals surface area contributed by atoms with E-state index >= 15 is 0 Å². The van der Waals surface area contributed by atoms with Gasteiger partial charge in [0.05, 0.1) is 6.61 Å². The van der Waals surface area contributed by atoms with E-state index in [2.05, 4.69) is 43.9 Å². The molecule has 0 spiro atoms. The highest BCUT2D eigenvalue weighted by Crippen LogP contribution is 2.36. The normalized spacial score (nSPS) is 22.4. The van der Waals surface area contributed by atoms with Crippen LogP contribution in [-0.4, -0.2) is 48.5 Å². The minimum absolute atomic E-state index is 0.0634. The SMILES string of the molecule is CC(C)(C)CC(=O)N1CCN(C2CCOc3ccccc32)CC1. The number of benzene rings is 1. The molecular formula is C19H28N2O2. The third-order valence-electron chi connectivity index (χ3n) is 4.72. The fraction of sp³-hybridized carbons (Fsp3) is 0.632. The van der Waals surface area contributed by atoms with Crippen LogP contribution in [0.3, 0.4) is 0 Å². The third-order valence-corrected chi connectivity index (χ3v) is 4.72. The smallest absolute Gasteiger partial charge is 0.223 e. The molecule has 0 saturated carbocycles. The van der Waals surface area contributed by atoms with Crippen LogP contribution in [0.2, 0.25) is 0 Å². The van der Waals surface area contributed by atoms with E-state index in [0.29, 0.717) is 18.4 Å². The van der Waals surface area contributed by atoms with Crippen LogP contribution in [-0.2, 0) is 4.79 Å². The maximum Gasteiger partial charge on any atom is 0.223 e. The van der Waals surface area contributed by atoms with Crippen LogP contribution >= 0.6 is 0 Å². The van der Waals surface area contributed by atoms with Gasteiger partial charge in [0.1, 0.15) is 5.75 Å². The van der Waals surface area contributed by atoms with E-state index in [1.165, 1.54) is 5.56 Å². The molecule has 1 saturated heterocycles. The summed E-state index contributed by atoms with van der Waals surface area (Å²) in [4.78, 5) is 16.9. The molecular weight excluding hydrogens is 288 g/mol. The molecule has 3 rings (SSSR count). The average Bonchev–Trinajstić information content (AvgIpc) is 2.53. The Labute approximate surface area is 139 Å². The summed E-state index contributed by atoms with van der Waals surface area (Å²) in [5, 5.41) is 0. The van der Waals surface area contributed by atoms with Crippen molar-refractivity contribution in [2.45, 2.75) is 39.7 Å². The zero-order valence-electron chi connectivity index (χ0n) is 14.5. The highest BCUT2D eigenvalue weighted by molar-refractivity contribution is 5.76. The van der Waals surface area contributed by atoms with Gasteiger partial charge in [-0.25, -0.2) is 0 Å². The maximum absolute atomic E-state index is 12.4. The fourth-order valence-corrected chi connectivity index (χ4v) is 3.55. The van der Waals surface area contributed by atoms with E-state index < -0.39 is 0 Å². The Morgan fingerprint density at radius 3 is 2.57 bits per heavy atom. The highest BCUT2D eigenvalue weighted by Gasteiger charge is 2.31. The van der Waals surface area contributed by atoms with Crippen molar-refractivity contribution in [2.24, 2.45) is 5.41 Å². The largest absolute Gasteiger partial charge is 0.493 e. The second kappa shape index (κ2) is 6.52. The van der Waals surface area contributed by atoms with Crippen molar-refractivity contribution in [3.8, 4) is 5.75 Å². The van der Waals surface area contributed by atoms with E-state index in [9.17, 15) is 4.79 Å². The summed E-state index contributed by atoms with van der Waals surface area (Å²) >= 11 is 0. The first-order valence-corrected chi connectivity index (χ1v) is 8.68. The van der Waals surface area contributed by atoms with Gasteiger partial charge < -0.3 is 9.64 Å². The average molecular weight is 316 g/mol. The molecule has 1 aromatic rings. The van der Waals surface area contributed by atoms with Crippen molar-refractivity contribution < 1.29 is 9.53 Å². The van der Waals surface area contributed by atoms with Crippen molar-refractivity contribution in [3.05, 3.63) is 29.8 Å². The van der Waals surface area contributed by atoms with Gasteiger partial charge in [0, 0.05) is 50.6 Å². The number of carbonyl (C=O) groups is 1. The summed E-state index contributed by atoms with van der Waals surface area (Å²) in [5.41, 5.74) is 1.36. The molecule has 4 nitrogen and oxygen atoms in total. The zero-order valence-corrected chi connectivity index (χ0v) is 14.5. The van der Waals surface area contributed by atoms with Crippen molar-refractivity contribution in [3.63, 3.8) is 0 Å². The quantitative estimate of drug-likeness (QED) is 0.840. The molecule has 2 aliphatic heterocycles. The summed E-state index contributed by atoms with van der Waals surface area (Å²) in [7, 11) is 0. The van der Waals surface area contributed by atoms with E-state index in [0.717, 1.165) is 45.0 Å². The first-order valence-electron chi connectivity index (χ1n) is 8.68. The van der Waals surface area contributed by atoms with Gasteiger partial charge in [-0.1, -0.05) is 39.0 Å². The first-order chi connectivity index (χ1) is 10.9. The number of hydrogen-bond donors (Lipinski definition) is 0. The fourth-order valence-electron chi connectivity index (χ4n) is 3.55. The minimum Gasteiger partial charge on any atom is -0.493 e. The highest BCUT2D eigenvalue weighted by atomic mass is 16.5. The second-order valence-corrected chi connectivity index (χ2v) is 7.84. The van der Waals surface area contributed by atoms with Gasteiger partial charge >= 0.3 is 0 Å². The van der Waals surface area contributed by atoms with Crippen LogP contribution in [0.25, 0.3) is 0 Å². The monoisotopic (exact) mass is 316 g/mol. The van der Waals surface area contributed by atoms with Gasteiger partial charge in [-0.2, -0.15) is 0 Å². The topological polar surface area (TPSA) is 32.8 Å².